The van der Waals surface area contributed by atoms with E-state index in [1.54, 1.807) is 6.92 Å². The van der Waals surface area contributed by atoms with Crippen molar-refractivity contribution in [3.63, 3.8) is 0 Å². The van der Waals surface area contributed by atoms with Crippen LogP contribution in [0.2, 0.25) is 0 Å². The van der Waals surface area contributed by atoms with E-state index in [9.17, 15) is 8.42 Å². The fraction of sp³-hybridized carbons (Fsp3) is 0.300. The minimum absolute atomic E-state index is 0.0801. The van der Waals surface area contributed by atoms with Crippen molar-refractivity contribution in [3.05, 3.63) is 30.0 Å². The Morgan fingerprint density at radius 1 is 1.42 bits per heavy atom. The number of aromatic nitrogens is 4. The molecule has 0 radical (unpaired) electrons. The molecule has 0 aromatic carbocycles. The molecule has 0 spiro atoms. The Balaban J connectivity index is 2.21. The largest absolute Gasteiger partial charge is 0.384 e. The third-order valence-corrected chi connectivity index (χ3v) is 4.26. The minimum Gasteiger partial charge on any atom is -0.384 e. The normalized spacial score (nSPS) is 11.9. The molecule has 0 bridgehead atoms. The monoisotopic (exact) mass is 282 g/mol. The highest BCUT2D eigenvalue weighted by molar-refractivity contribution is 7.89. The predicted octanol–water partition coefficient (Wildman–Crippen LogP) is -0.0890. The number of aryl methyl sites for hydroxylation is 1. The second-order valence-electron chi connectivity index (χ2n) is 4.02. The molecular formula is C10H14N6O2S. The Kier molecular flexibility index (Phi) is 3.49. The highest BCUT2D eigenvalue weighted by Crippen LogP contribution is 2.15. The first kappa shape index (κ1) is 13.4. The van der Waals surface area contributed by atoms with Gasteiger partial charge in [0, 0.05) is 13.2 Å². The van der Waals surface area contributed by atoms with Crippen LogP contribution in [-0.2, 0) is 16.6 Å². The van der Waals surface area contributed by atoms with Crippen molar-refractivity contribution in [1.82, 2.24) is 24.5 Å². The molecule has 2 aromatic rings. The maximum absolute atomic E-state index is 12.2. The van der Waals surface area contributed by atoms with Crippen LogP contribution in [0.3, 0.4) is 0 Å². The van der Waals surface area contributed by atoms with Gasteiger partial charge in [0.25, 0.3) is 0 Å². The summed E-state index contributed by atoms with van der Waals surface area (Å²) in [6.07, 6.45) is 1.23. The summed E-state index contributed by atoms with van der Waals surface area (Å²) in [5.41, 5.74) is 5.43. The lowest BCUT2D eigenvalue weighted by molar-refractivity contribution is 0.457. The summed E-state index contributed by atoms with van der Waals surface area (Å²) in [4.78, 5) is 7.92. The Bertz CT molecular complexity index is 664. The molecule has 0 unspecified atom stereocenters. The lowest BCUT2D eigenvalue weighted by Gasteiger charge is -2.15. The third kappa shape index (κ3) is 2.88. The summed E-state index contributed by atoms with van der Waals surface area (Å²) >= 11 is 0. The first-order valence-corrected chi connectivity index (χ1v) is 6.89. The fourth-order valence-corrected chi connectivity index (χ4v) is 2.54. The number of H-pyrrole nitrogens is 1. The molecule has 0 fully saturated rings. The zero-order chi connectivity index (χ0) is 14.0. The van der Waals surface area contributed by atoms with Gasteiger partial charge in [0.1, 0.15) is 16.5 Å². The van der Waals surface area contributed by atoms with Crippen LogP contribution in [-0.4, -0.2) is 39.9 Å². The van der Waals surface area contributed by atoms with Gasteiger partial charge in [-0.2, -0.15) is 9.40 Å². The Hall–Kier alpha value is -2.00. The number of hydrogen-bond donors (Lipinski definition) is 2. The number of anilines is 1. The summed E-state index contributed by atoms with van der Waals surface area (Å²) in [5, 5.41) is 6.56. The zero-order valence-electron chi connectivity index (χ0n) is 10.5. The topological polar surface area (TPSA) is 118 Å². The van der Waals surface area contributed by atoms with Crippen LogP contribution in [0.4, 0.5) is 5.82 Å². The van der Waals surface area contributed by atoms with Gasteiger partial charge in [0.05, 0.1) is 6.54 Å². The molecule has 0 atom stereocenters. The van der Waals surface area contributed by atoms with Crippen LogP contribution < -0.4 is 5.73 Å². The van der Waals surface area contributed by atoms with Gasteiger partial charge in [-0.15, -0.1) is 0 Å². The molecule has 2 aromatic heterocycles. The molecule has 3 N–H and O–H groups in total. The van der Waals surface area contributed by atoms with Gasteiger partial charge >= 0.3 is 0 Å². The van der Waals surface area contributed by atoms with E-state index in [4.69, 9.17) is 5.73 Å². The van der Waals surface area contributed by atoms with E-state index >= 15 is 0 Å². The van der Waals surface area contributed by atoms with Crippen molar-refractivity contribution < 1.29 is 8.42 Å². The molecule has 8 nitrogen and oxygen atoms in total. The van der Waals surface area contributed by atoms with Crippen LogP contribution in [0, 0.1) is 6.92 Å². The molecule has 19 heavy (non-hydrogen) atoms. The molecule has 9 heteroatoms. The number of nitrogen functional groups attached to an aromatic ring is 1. The van der Waals surface area contributed by atoms with E-state index in [1.807, 2.05) is 0 Å². The summed E-state index contributed by atoms with van der Waals surface area (Å²) in [7, 11) is -2.17. The lowest BCUT2D eigenvalue weighted by atomic mass is 10.5. The standard InChI is InChI=1S/C10H14N6O2S/c1-7-13-10(15-14-7)6-16(2)19(17,18)8-3-4-9(11)12-5-8/h3-5H,6H2,1-2H3,(H2,11,12)(H,13,14,15). The zero-order valence-corrected chi connectivity index (χ0v) is 11.3. The number of sulfonamides is 1. The Labute approximate surface area is 110 Å². The Morgan fingerprint density at radius 3 is 2.68 bits per heavy atom. The summed E-state index contributed by atoms with van der Waals surface area (Å²) in [6, 6.07) is 2.86. The van der Waals surface area contributed by atoms with Gasteiger partial charge in [-0.05, 0) is 19.1 Å². The van der Waals surface area contributed by atoms with Crippen molar-refractivity contribution in [3.8, 4) is 0 Å². The van der Waals surface area contributed by atoms with Crippen molar-refractivity contribution in [2.45, 2.75) is 18.4 Å². The van der Waals surface area contributed by atoms with Gasteiger partial charge in [0.15, 0.2) is 5.82 Å². The average Bonchev–Trinajstić information content (AvgIpc) is 2.75. The van der Waals surface area contributed by atoms with E-state index in [1.165, 1.54) is 25.4 Å². The second-order valence-corrected chi connectivity index (χ2v) is 6.06. The molecule has 0 aliphatic carbocycles. The van der Waals surface area contributed by atoms with Crippen LogP contribution >= 0.6 is 0 Å². The molecule has 102 valence electrons. The number of pyridine rings is 1. The maximum Gasteiger partial charge on any atom is 0.244 e. The molecule has 2 rings (SSSR count). The van der Waals surface area contributed by atoms with Crippen molar-refractivity contribution in [2.24, 2.45) is 0 Å². The summed E-state index contributed by atoms with van der Waals surface area (Å²) in [6.45, 7) is 1.83. The van der Waals surface area contributed by atoms with E-state index in [2.05, 4.69) is 20.2 Å². The Morgan fingerprint density at radius 2 is 2.16 bits per heavy atom. The summed E-state index contributed by atoms with van der Waals surface area (Å²) in [5.74, 6) is 1.31. The van der Waals surface area contributed by atoms with Gasteiger partial charge in [-0.1, -0.05) is 0 Å². The number of nitrogens with two attached hydrogens (primary N) is 1. The van der Waals surface area contributed by atoms with Crippen molar-refractivity contribution in [1.29, 1.82) is 0 Å². The number of nitrogens with one attached hydrogen (secondary N) is 1. The average molecular weight is 282 g/mol. The smallest absolute Gasteiger partial charge is 0.244 e. The number of hydrogen-bond acceptors (Lipinski definition) is 6. The van der Waals surface area contributed by atoms with Crippen molar-refractivity contribution >= 4 is 15.8 Å². The number of aromatic amines is 1. The SMILES string of the molecule is Cc1nc(CN(C)S(=O)(=O)c2ccc(N)nc2)n[nH]1. The van der Waals surface area contributed by atoms with E-state index in [-0.39, 0.29) is 17.3 Å². The summed E-state index contributed by atoms with van der Waals surface area (Å²) < 4.78 is 25.6. The van der Waals surface area contributed by atoms with E-state index in [0.29, 0.717) is 11.6 Å². The first-order chi connectivity index (χ1) is 8.89. The molecule has 0 amide bonds. The number of rotatable bonds is 4. The van der Waals surface area contributed by atoms with Gasteiger partial charge in [-0.25, -0.2) is 18.4 Å². The van der Waals surface area contributed by atoms with Gasteiger partial charge in [-0.3, -0.25) is 5.10 Å². The maximum atomic E-state index is 12.2. The first-order valence-electron chi connectivity index (χ1n) is 5.45. The molecule has 2 heterocycles. The molecule has 0 saturated carbocycles. The van der Waals surface area contributed by atoms with Crippen LogP contribution in [0.5, 0.6) is 0 Å². The van der Waals surface area contributed by atoms with Gasteiger partial charge in [0.2, 0.25) is 10.0 Å². The highest BCUT2D eigenvalue weighted by atomic mass is 32.2. The molecular weight excluding hydrogens is 268 g/mol. The highest BCUT2D eigenvalue weighted by Gasteiger charge is 2.22. The van der Waals surface area contributed by atoms with E-state index in [0.717, 1.165) is 4.31 Å². The van der Waals surface area contributed by atoms with Crippen LogP contribution in [0.15, 0.2) is 23.2 Å². The van der Waals surface area contributed by atoms with Crippen LogP contribution in [0.25, 0.3) is 0 Å². The van der Waals surface area contributed by atoms with Gasteiger partial charge < -0.3 is 5.73 Å². The number of nitrogens with zero attached hydrogens (tertiary/aromatic N) is 4. The van der Waals surface area contributed by atoms with Crippen molar-refractivity contribution in [2.75, 3.05) is 12.8 Å². The molecule has 0 saturated heterocycles. The third-order valence-electron chi connectivity index (χ3n) is 2.48. The quantitative estimate of drug-likeness (QED) is 0.809. The molecule has 0 aliphatic rings. The lowest BCUT2D eigenvalue weighted by Crippen LogP contribution is -2.27. The molecule has 0 aliphatic heterocycles. The van der Waals surface area contributed by atoms with Crippen LogP contribution in [0.1, 0.15) is 11.6 Å². The van der Waals surface area contributed by atoms with E-state index < -0.39 is 10.0 Å². The minimum atomic E-state index is -3.62. The second kappa shape index (κ2) is 4.94. The fourth-order valence-electron chi connectivity index (χ4n) is 1.47. The predicted molar refractivity (Wildman–Crippen MR) is 68.4 cm³/mol.